The van der Waals surface area contributed by atoms with Gasteiger partial charge in [0.2, 0.25) is 5.95 Å². The first kappa shape index (κ1) is 13.6. The van der Waals surface area contributed by atoms with Crippen molar-refractivity contribution in [3.05, 3.63) is 28.9 Å². The highest BCUT2D eigenvalue weighted by Gasteiger charge is 2.11. The predicted molar refractivity (Wildman–Crippen MR) is 75.1 cm³/mol. The molecule has 2 aromatic heterocycles. The molecule has 5 nitrogen and oxygen atoms in total. The van der Waals surface area contributed by atoms with Gasteiger partial charge in [-0.2, -0.15) is 0 Å². The number of hydrogen-bond donors (Lipinski definition) is 1. The summed E-state index contributed by atoms with van der Waals surface area (Å²) in [5, 5.41) is 7.34. The Morgan fingerprint density at radius 1 is 1.32 bits per heavy atom. The quantitative estimate of drug-likeness (QED) is 0.899. The Balaban J connectivity index is 2.11. The Morgan fingerprint density at radius 2 is 2.05 bits per heavy atom. The first-order valence-electron chi connectivity index (χ1n) is 6.66. The summed E-state index contributed by atoms with van der Waals surface area (Å²) in [5.41, 5.74) is 3.07. The number of nitrogens with zero attached hydrogens (tertiary/aromatic N) is 3. The van der Waals surface area contributed by atoms with E-state index in [0.29, 0.717) is 12.5 Å². The largest absolute Gasteiger partial charge is 0.361 e. The van der Waals surface area contributed by atoms with Crippen LogP contribution in [0.4, 0.5) is 5.95 Å². The first-order chi connectivity index (χ1) is 8.97. The summed E-state index contributed by atoms with van der Waals surface area (Å²) in [5.74, 6) is 2.36. The summed E-state index contributed by atoms with van der Waals surface area (Å²) in [4.78, 5) is 4.52. The Labute approximate surface area is 114 Å². The third-order valence-corrected chi connectivity index (χ3v) is 3.06. The number of nitrogens with one attached hydrogen (secondary N) is 1. The Bertz CT molecular complexity index is 534. The molecule has 0 radical (unpaired) electrons. The molecule has 0 saturated carbocycles. The molecule has 5 heteroatoms. The van der Waals surface area contributed by atoms with E-state index in [1.807, 2.05) is 20.8 Å². The van der Waals surface area contributed by atoms with Crippen molar-refractivity contribution in [3.63, 3.8) is 0 Å². The van der Waals surface area contributed by atoms with Crippen molar-refractivity contribution in [2.45, 2.75) is 47.7 Å². The summed E-state index contributed by atoms with van der Waals surface area (Å²) < 4.78 is 7.33. The highest BCUT2D eigenvalue weighted by molar-refractivity contribution is 5.32. The van der Waals surface area contributed by atoms with E-state index in [1.54, 1.807) is 0 Å². The molecule has 0 saturated heterocycles. The Hall–Kier alpha value is -1.78. The molecular formula is C14H22N4O. The van der Waals surface area contributed by atoms with Gasteiger partial charge in [-0.1, -0.05) is 19.0 Å². The summed E-state index contributed by atoms with van der Waals surface area (Å²) in [7, 11) is 0. The average Bonchev–Trinajstić information content (AvgIpc) is 2.80. The maximum Gasteiger partial charge on any atom is 0.203 e. The van der Waals surface area contributed by atoms with Crippen LogP contribution in [0, 0.1) is 26.7 Å². The minimum absolute atomic E-state index is 0.591. The monoisotopic (exact) mass is 262 g/mol. The molecule has 0 unspecified atom stereocenters. The van der Waals surface area contributed by atoms with Gasteiger partial charge in [-0.15, -0.1) is 0 Å². The zero-order valence-corrected chi connectivity index (χ0v) is 12.3. The lowest BCUT2D eigenvalue weighted by molar-refractivity contribution is 0.392. The molecule has 0 aromatic carbocycles. The molecule has 0 amide bonds. The van der Waals surface area contributed by atoms with Crippen molar-refractivity contribution in [2.24, 2.45) is 5.92 Å². The van der Waals surface area contributed by atoms with Crippen LogP contribution >= 0.6 is 0 Å². The normalized spacial score (nSPS) is 11.3. The molecule has 0 aliphatic heterocycles. The molecule has 2 heterocycles. The maximum absolute atomic E-state index is 5.17. The molecule has 0 fully saturated rings. The van der Waals surface area contributed by atoms with Gasteiger partial charge in [0.15, 0.2) is 0 Å². The van der Waals surface area contributed by atoms with E-state index in [1.165, 1.54) is 0 Å². The van der Waals surface area contributed by atoms with Crippen molar-refractivity contribution >= 4 is 5.95 Å². The third kappa shape index (κ3) is 3.16. The number of anilines is 1. The van der Waals surface area contributed by atoms with Gasteiger partial charge in [0.25, 0.3) is 0 Å². The van der Waals surface area contributed by atoms with Crippen LogP contribution in [0.1, 0.15) is 36.6 Å². The molecule has 2 rings (SSSR count). The minimum atomic E-state index is 0.591. The molecule has 0 aliphatic rings. The van der Waals surface area contributed by atoms with Crippen LogP contribution in [0.3, 0.4) is 0 Å². The van der Waals surface area contributed by atoms with E-state index < -0.39 is 0 Å². The standard InChI is InChI=1S/C14H22N4O/c1-9(2)7-18-8-10(3)16-14(18)15-6-13-11(4)17-19-12(13)5/h8-9H,6-7H2,1-5H3,(H,15,16). The average molecular weight is 262 g/mol. The van der Waals surface area contributed by atoms with Gasteiger partial charge in [-0.3, -0.25) is 0 Å². The van der Waals surface area contributed by atoms with Crippen molar-refractivity contribution in [1.82, 2.24) is 14.7 Å². The third-order valence-electron chi connectivity index (χ3n) is 3.06. The van der Waals surface area contributed by atoms with E-state index in [2.05, 4.69) is 40.1 Å². The number of aryl methyl sites for hydroxylation is 3. The van der Waals surface area contributed by atoms with E-state index in [-0.39, 0.29) is 0 Å². The van der Waals surface area contributed by atoms with E-state index in [0.717, 1.165) is 35.2 Å². The zero-order chi connectivity index (χ0) is 14.0. The van der Waals surface area contributed by atoms with Gasteiger partial charge in [0.05, 0.1) is 11.4 Å². The Kier molecular flexibility index (Phi) is 3.93. The van der Waals surface area contributed by atoms with Crippen LogP contribution in [0.2, 0.25) is 0 Å². The fourth-order valence-corrected chi connectivity index (χ4v) is 2.14. The van der Waals surface area contributed by atoms with Gasteiger partial charge in [-0.25, -0.2) is 4.98 Å². The van der Waals surface area contributed by atoms with Gasteiger partial charge < -0.3 is 14.4 Å². The summed E-state index contributed by atoms with van der Waals surface area (Å²) in [6, 6.07) is 0. The molecule has 0 atom stereocenters. The highest BCUT2D eigenvalue weighted by atomic mass is 16.5. The SMILES string of the molecule is Cc1cn(CC(C)C)c(NCc2c(C)noc2C)n1. The van der Waals surface area contributed by atoms with Gasteiger partial charge in [0.1, 0.15) is 5.76 Å². The van der Waals surface area contributed by atoms with E-state index in [9.17, 15) is 0 Å². The smallest absolute Gasteiger partial charge is 0.203 e. The molecular weight excluding hydrogens is 240 g/mol. The van der Waals surface area contributed by atoms with Crippen LogP contribution in [0.5, 0.6) is 0 Å². The summed E-state index contributed by atoms with van der Waals surface area (Å²) in [6.07, 6.45) is 2.08. The molecule has 19 heavy (non-hydrogen) atoms. The minimum Gasteiger partial charge on any atom is -0.361 e. The lowest BCUT2D eigenvalue weighted by Gasteiger charge is -2.11. The molecule has 0 bridgehead atoms. The fraction of sp³-hybridized carbons (Fsp3) is 0.571. The second kappa shape index (κ2) is 5.47. The second-order valence-corrected chi connectivity index (χ2v) is 5.41. The van der Waals surface area contributed by atoms with Crippen molar-refractivity contribution in [2.75, 3.05) is 5.32 Å². The van der Waals surface area contributed by atoms with Crippen molar-refractivity contribution < 1.29 is 4.52 Å². The second-order valence-electron chi connectivity index (χ2n) is 5.41. The zero-order valence-electron chi connectivity index (χ0n) is 12.3. The number of imidazole rings is 1. The molecule has 1 N–H and O–H groups in total. The molecule has 0 spiro atoms. The number of rotatable bonds is 5. The summed E-state index contributed by atoms with van der Waals surface area (Å²) in [6.45, 7) is 12.0. The van der Waals surface area contributed by atoms with Crippen LogP contribution in [0.25, 0.3) is 0 Å². The maximum atomic E-state index is 5.17. The number of aromatic nitrogens is 3. The number of hydrogen-bond acceptors (Lipinski definition) is 4. The van der Waals surface area contributed by atoms with Gasteiger partial charge in [0, 0.05) is 24.8 Å². The molecule has 2 aromatic rings. The van der Waals surface area contributed by atoms with Crippen LogP contribution < -0.4 is 5.32 Å². The lowest BCUT2D eigenvalue weighted by atomic mass is 10.2. The molecule has 104 valence electrons. The lowest BCUT2D eigenvalue weighted by Crippen LogP contribution is -2.10. The topological polar surface area (TPSA) is 55.9 Å². The van der Waals surface area contributed by atoms with Crippen LogP contribution in [-0.4, -0.2) is 14.7 Å². The Morgan fingerprint density at radius 3 is 2.63 bits per heavy atom. The molecule has 0 aliphatic carbocycles. The van der Waals surface area contributed by atoms with Crippen LogP contribution in [0.15, 0.2) is 10.7 Å². The van der Waals surface area contributed by atoms with Gasteiger partial charge >= 0.3 is 0 Å². The highest BCUT2D eigenvalue weighted by Crippen LogP contribution is 2.16. The van der Waals surface area contributed by atoms with E-state index in [4.69, 9.17) is 4.52 Å². The van der Waals surface area contributed by atoms with Crippen molar-refractivity contribution in [1.29, 1.82) is 0 Å². The van der Waals surface area contributed by atoms with Crippen LogP contribution in [-0.2, 0) is 13.1 Å². The van der Waals surface area contributed by atoms with Crippen molar-refractivity contribution in [3.8, 4) is 0 Å². The summed E-state index contributed by atoms with van der Waals surface area (Å²) >= 11 is 0. The first-order valence-corrected chi connectivity index (χ1v) is 6.66. The van der Waals surface area contributed by atoms with E-state index >= 15 is 0 Å². The fourth-order valence-electron chi connectivity index (χ4n) is 2.14. The predicted octanol–water partition coefficient (Wildman–Crippen LogP) is 3.06. The van der Waals surface area contributed by atoms with Gasteiger partial charge in [-0.05, 0) is 26.7 Å².